The van der Waals surface area contributed by atoms with E-state index in [0.29, 0.717) is 18.6 Å². The number of hydrogen-bond donors (Lipinski definition) is 1. The van der Waals surface area contributed by atoms with Gasteiger partial charge in [-0.2, -0.15) is 5.10 Å². The average Bonchev–Trinajstić information content (AvgIpc) is 2.60. The molecule has 0 fully saturated rings. The normalized spacial score (nSPS) is 12.7. The van der Waals surface area contributed by atoms with E-state index in [0.717, 1.165) is 25.0 Å². The summed E-state index contributed by atoms with van der Waals surface area (Å²) in [5.74, 6) is 0.321. The Kier molecular flexibility index (Phi) is 5.19. The number of nitrogens with zero attached hydrogens (tertiary/aromatic N) is 2. The van der Waals surface area contributed by atoms with Crippen molar-refractivity contribution >= 4 is 5.78 Å². The zero-order valence-electron chi connectivity index (χ0n) is 10.1. The predicted octanol–water partition coefficient (Wildman–Crippen LogP) is 1.44. The molecular formula is C12H21N3O. The van der Waals surface area contributed by atoms with Crippen LogP contribution in [-0.4, -0.2) is 21.6 Å². The van der Waals surface area contributed by atoms with Gasteiger partial charge in [-0.3, -0.25) is 9.48 Å². The molecule has 0 spiro atoms. The maximum absolute atomic E-state index is 11.6. The maximum atomic E-state index is 11.6. The Labute approximate surface area is 96.8 Å². The quantitative estimate of drug-likeness (QED) is 0.761. The summed E-state index contributed by atoms with van der Waals surface area (Å²) < 4.78 is 1.81. The highest BCUT2D eigenvalue weighted by atomic mass is 16.1. The van der Waals surface area contributed by atoms with Crippen molar-refractivity contribution in [3.8, 4) is 0 Å². The van der Waals surface area contributed by atoms with Crippen molar-refractivity contribution in [3.63, 3.8) is 0 Å². The summed E-state index contributed by atoms with van der Waals surface area (Å²) in [6.07, 6.45) is 5.64. The lowest BCUT2D eigenvalue weighted by atomic mass is 10.1. The van der Waals surface area contributed by atoms with Crippen molar-refractivity contribution in [2.75, 3.05) is 0 Å². The molecule has 1 unspecified atom stereocenters. The van der Waals surface area contributed by atoms with Gasteiger partial charge >= 0.3 is 0 Å². The molecule has 1 aromatic heterocycles. The summed E-state index contributed by atoms with van der Waals surface area (Å²) in [5, 5.41) is 4.07. The zero-order valence-corrected chi connectivity index (χ0v) is 10.1. The molecule has 0 saturated heterocycles. The molecule has 0 aliphatic carbocycles. The van der Waals surface area contributed by atoms with E-state index in [1.165, 1.54) is 0 Å². The topological polar surface area (TPSA) is 60.9 Å². The van der Waals surface area contributed by atoms with Gasteiger partial charge < -0.3 is 5.73 Å². The minimum atomic E-state index is 0.199. The first-order valence-electron chi connectivity index (χ1n) is 5.83. The first-order valence-corrected chi connectivity index (χ1v) is 5.83. The van der Waals surface area contributed by atoms with Crippen LogP contribution in [-0.2, 0) is 18.3 Å². The monoisotopic (exact) mass is 223 g/mol. The van der Waals surface area contributed by atoms with Gasteiger partial charge in [0, 0.05) is 37.8 Å². The Morgan fingerprint density at radius 1 is 1.56 bits per heavy atom. The van der Waals surface area contributed by atoms with Crippen LogP contribution in [0.15, 0.2) is 12.3 Å². The lowest BCUT2D eigenvalue weighted by Crippen LogP contribution is -2.15. The van der Waals surface area contributed by atoms with Crippen LogP contribution in [0.4, 0.5) is 0 Å². The van der Waals surface area contributed by atoms with Crippen molar-refractivity contribution in [2.45, 2.75) is 45.1 Å². The van der Waals surface area contributed by atoms with Gasteiger partial charge in [0.15, 0.2) is 0 Å². The Hall–Kier alpha value is -1.16. The molecular weight excluding hydrogens is 202 g/mol. The lowest BCUT2D eigenvalue weighted by molar-refractivity contribution is -0.119. The molecule has 0 saturated carbocycles. The molecule has 90 valence electrons. The van der Waals surface area contributed by atoms with Crippen LogP contribution in [0, 0.1) is 0 Å². The summed E-state index contributed by atoms with van der Waals surface area (Å²) in [4.78, 5) is 11.6. The Balaban J connectivity index is 2.18. The first kappa shape index (κ1) is 12.9. The van der Waals surface area contributed by atoms with Crippen LogP contribution in [0.3, 0.4) is 0 Å². The van der Waals surface area contributed by atoms with Crippen molar-refractivity contribution < 1.29 is 4.79 Å². The van der Waals surface area contributed by atoms with Crippen LogP contribution >= 0.6 is 0 Å². The van der Waals surface area contributed by atoms with Crippen molar-refractivity contribution in [1.29, 1.82) is 0 Å². The average molecular weight is 223 g/mol. The van der Waals surface area contributed by atoms with Gasteiger partial charge in [-0.05, 0) is 32.3 Å². The fraction of sp³-hybridized carbons (Fsp3) is 0.667. The van der Waals surface area contributed by atoms with Crippen molar-refractivity contribution in [3.05, 3.63) is 18.0 Å². The molecule has 0 aliphatic rings. The van der Waals surface area contributed by atoms with Crippen LogP contribution < -0.4 is 5.73 Å². The lowest BCUT2D eigenvalue weighted by Gasteiger charge is -2.04. The predicted molar refractivity (Wildman–Crippen MR) is 64.0 cm³/mol. The highest BCUT2D eigenvalue weighted by Crippen LogP contribution is 2.06. The highest BCUT2D eigenvalue weighted by Gasteiger charge is 2.05. The van der Waals surface area contributed by atoms with Crippen LogP contribution in [0.2, 0.25) is 0 Å². The number of nitrogens with two attached hydrogens (primary N) is 1. The van der Waals surface area contributed by atoms with E-state index < -0.39 is 0 Å². The third-order valence-electron chi connectivity index (χ3n) is 2.70. The molecule has 1 aromatic rings. The molecule has 1 atom stereocenters. The summed E-state index contributed by atoms with van der Waals surface area (Å²) in [6, 6.07) is 2.15. The molecule has 4 heteroatoms. The van der Waals surface area contributed by atoms with E-state index >= 15 is 0 Å². The number of carbonyl (C=O) groups is 1. The molecule has 2 N–H and O–H groups in total. The van der Waals surface area contributed by atoms with Crippen molar-refractivity contribution in [1.82, 2.24) is 9.78 Å². The molecule has 1 rings (SSSR count). The van der Waals surface area contributed by atoms with Crippen molar-refractivity contribution in [2.24, 2.45) is 12.8 Å². The number of carbonyl (C=O) groups excluding carboxylic acids is 1. The standard InChI is InChI=1S/C12H21N3O/c1-10(13)4-3-5-12(16)7-6-11-8-9-14-15(11)2/h8-10H,3-7,13H2,1-2H3. The van der Waals surface area contributed by atoms with E-state index in [4.69, 9.17) is 5.73 Å². The Bertz CT molecular complexity index is 331. The first-order chi connectivity index (χ1) is 7.59. The van der Waals surface area contributed by atoms with E-state index in [1.807, 2.05) is 24.7 Å². The number of hydrogen-bond acceptors (Lipinski definition) is 3. The van der Waals surface area contributed by atoms with Crippen LogP contribution in [0.5, 0.6) is 0 Å². The number of aryl methyl sites for hydroxylation is 2. The molecule has 1 heterocycles. The van der Waals surface area contributed by atoms with E-state index in [1.54, 1.807) is 6.20 Å². The Morgan fingerprint density at radius 3 is 2.88 bits per heavy atom. The molecule has 0 aromatic carbocycles. The number of Topliss-reactive ketones (excluding diaryl/α,β-unsaturated/α-hetero) is 1. The van der Waals surface area contributed by atoms with Gasteiger partial charge in [-0.15, -0.1) is 0 Å². The Morgan fingerprint density at radius 2 is 2.31 bits per heavy atom. The summed E-state index contributed by atoms with van der Waals surface area (Å²) in [5.41, 5.74) is 6.74. The zero-order chi connectivity index (χ0) is 12.0. The third-order valence-corrected chi connectivity index (χ3v) is 2.70. The van der Waals surface area contributed by atoms with Crippen LogP contribution in [0.1, 0.15) is 38.3 Å². The minimum Gasteiger partial charge on any atom is -0.328 e. The second kappa shape index (κ2) is 6.43. The van der Waals surface area contributed by atoms with Gasteiger partial charge in [0.2, 0.25) is 0 Å². The summed E-state index contributed by atoms with van der Waals surface area (Å²) in [7, 11) is 1.90. The second-order valence-corrected chi connectivity index (χ2v) is 4.35. The van der Waals surface area contributed by atoms with Gasteiger partial charge in [-0.1, -0.05) is 0 Å². The smallest absolute Gasteiger partial charge is 0.133 e. The number of aromatic nitrogens is 2. The van der Waals surface area contributed by atoms with Gasteiger partial charge in [0.25, 0.3) is 0 Å². The molecule has 0 aliphatic heterocycles. The van der Waals surface area contributed by atoms with Gasteiger partial charge in [-0.25, -0.2) is 0 Å². The molecule has 0 bridgehead atoms. The fourth-order valence-electron chi connectivity index (χ4n) is 1.66. The second-order valence-electron chi connectivity index (χ2n) is 4.35. The third kappa shape index (κ3) is 4.57. The van der Waals surface area contributed by atoms with Gasteiger partial charge in [0.05, 0.1) is 0 Å². The largest absolute Gasteiger partial charge is 0.328 e. The highest BCUT2D eigenvalue weighted by molar-refractivity contribution is 5.78. The molecule has 0 radical (unpaired) electrons. The van der Waals surface area contributed by atoms with E-state index in [2.05, 4.69) is 5.10 Å². The SMILES string of the molecule is CC(N)CCCC(=O)CCc1ccnn1C. The maximum Gasteiger partial charge on any atom is 0.133 e. The minimum absolute atomic E-state index is 0.199. The summed E-state index contributed by atoms with van der Waals surface area (Å²) >= 11 is 0. The molecule has 0 amide bonds. The van der Waals surface area contributed by atoms with E-state index in [-0.39, 0.29) is 6.04 Å². The van der Waals surface area contributed by atoms with Crippen LogP contribution in [0.25, 0.3) is 0 Å². The number of ketones is 1. The summed E-state index contributed by atoms with van der Waals surface area (Å²) in [6.45, 7) is 1.97. The number of rotatable bonds is 7. The molecule has 16 heavy (non-hydrogen) atoms. The van der Waals surface area contributed by atoms with E-state index in [9.17, 15) is 4.79 Å². The fourth-order valence-corrected chi connectivity index (χ4v) is 1.66. The van der Waals surface area contributed by atoms with Gasteiger partial charge in [0.1, 0.15) is 5.78 Å². The molecule has 4 nitrogen and oxygen atoms in total.